The summed E-state index contributed by atoms with van der Waals surface area (Å²) in [6.07, 6.45) is 1.55. The first-order chi connectivity index (χ1) is 5.90. The number of rotatable bonds is 2. The van der Waals surface area contributed by atoms with E-state index in [1.165, 1.54) is 7.11 Å². The van der Waals surface area contributed by atoms with Crippen LogP contribution in [0.1, 0.15) is 0 Å². The Balaban J connectivity index is 0. The molecule has 0 bridgehead atoms. The SMILES string of the molecule is CN(C)C.COC(=O)/C=C\C(=O)O. The molecule has 0 aliphatic carbocycles. The Morgan fingerprint density at radius 2 is 1.62 bits per heavy atom. The fraction of sp³-hybridized carbons (Fsp3) is 0.500. The van der Waals surface area contributed by atoms with Gasteiger partial charge in [-0.25, -0.2) is 9.59 Å². The van der Waals surface area contributed by atoms with Crippen molar-refractivity contribution >= 4 is 11.9 Å². The van der Waals surface area contributed by atoms with Gasteiger partial charge in [0.25, 0.3) is 0 Å². The van der Waals surface area contributed by atoms with E-state index in [0.717, 1.165) is 6.08 Å². The van der Waals surface area contributed by atoms with Gasteiger partial charge in [-0.1, -0.05) is 0 Å². The van der Waals surface area contributed by atoms with Gasteiger partial charge in [-0.2, -0.15) is 0 Å². The number of carbonyl (C=O) groups is 2. The third-order valence-electron chi connectivity index (χ3n) is 0.563. The van der Waals surface area contributed by atoms with Crippen LogP contribution in [-0.4, -0.2) is 50.2 Å². The summed E-state index contributed by atoms with van der Waals surface area (Å²) in [5.74, 6) is -1.84. The highest BCUT2D eigenvalue weighted by Gasteiger charge is 1.91. The Kier molecular flexibility index (Phi) is 9.53. The zero-order valence-corrected chi connectivity index (χ0v) is 8.27. The number of esters is 1. The van der Waals surface area contributed by atoms with Crippen molar-refractivity contribution in [3.63, 3.8) is 0 Å². The molecule has 0 atom stereocenters. The Morgan fingerprint density at radius 1 is 1.23 bits per heavy atom. The lowest BCUT2D eigenvalue weighted by Gasteiger charge is -1.90. The highest BCUT2D eigenvalue weighted by molar-refractivity contribution is 5.90. The minimum Gasteiger partial charge on any atom is -0.478 e. The Labute approximate surface area is 77.6 Å². The molecule has 0 aliphatic rings. The van der Waals surface area contributed by atoms with E-state index in [0.29, 0.717) is 6.08 Å². The highest BCUT2D eigenvalue weighted by Crippen LogP contribution is 1.76. The molecule has 0 aliphatic heterocycles. The molecule has 5 nitrogen and oxygen atoms in total. The summed E-state index contributed by atoms with van der Waals surface area (Å²) in [7, 11) is 7.18. The smallest absolute Gasteiger partial charge is 0.330 e. The molecule has 0 radical (unpaired) electrons. The van der Waals surface area contributed by atoms with Gasteiger partial charge in [0.15, 0.2) is 0 Å². The van der Waals surface area contributed by atoms with Crippen LogP contribution in [0.5, 0.6) is 0 Å². The summed E-state index contributed by atoms with van der Waals surface area (Å²) >= 11 is 0. The minimum atomic E-state index is -1.17. The van der Waals surface area contributed by atoms with Crippen molar-refractivity contribution in [2.45, 2.75) is 0 Å². The summed E-state index contributed by atoms with van der Waals surface area (Å²) in [6.45, 7) is 0. The third kappa shape index (κ3) is 25.0. The van der Waals surface area contributed by atoms with Crippen LogP contribution in [0.15, 0.2) is 12.2 Å². The third-order valence-corrected chi connectivity index (χ3v) is 0.563. The number of carboxylic acid groups (broad SMARTS) is 1. The van der Waals surface area contributed by atoms with E-state index in [2.05, 4.69) is 4.74 Å². The largest absolute Gasteiger partial charge is 0.478 e. The second kappa shape index (κ2) is 8.73. The van der Waals surface area contributed by atoms with Crippen LogP contribution in [-0.2, 0) is 14.3 Å². The standard InChI is InChI=1S/C5H6O4.C3H9N/c1-9-5(8)3-2-4(6)7;1-4(2)3/h2-3H,1H3,(H,6,7);1-3H3/b3-2-;. The molecule has 0 fully saturated rings. The number of carbonyl (C=O) groups excluding carboxylic acids is 1. The van der Waals surface area contributed by atoms with Crippen molar-refractivity contribution in [3.8, 4) is 0 Å². The second-order valence-corrected chi connectivity index (χ2v) is 2.54. The molecule has 0 heterocycles. The lowest BCUT2D eigenvalue weighted by atomic mass is 10.5. The Bertz CT molecular complexity index is 184. The molecule has 0 spiro atoms. The van der Waals surface area contributed by atoms with Crippen molar-refractivity contribution in [1.29, 1.82) is 0 Å². The van der Waals surface area contributed by atoms with Gasteiger partial charge in [0.05, 0.1) is 7.11 Å². The molecular weight excluding hydrogens is 174 g/mol. The molecule has 0 amide bonds. The highest BCUT2D eigenvalue weighted by atomic mass is 16.5. The zero-order chi connectivity index (χ0) is 10.9. The second-order valence-electron chi connectivity index (χ2n) is 2.54. The summed E-state index contributed by atoms with van der Waals surface area (Å²) < 4.78 is 4.11. The molecule has 0 saturated carbocycles. The molecule has 0 unspecified atom stereocenters. The van der Waals surface area contributed by atoms with E-state index in [9.17, 15) is 9.59 Å². The molecule has 76 valence electrons. The van der Waals surface area contributed by atoms with Crippen LogP contribution in [0, 0.1) is 0 Å². The maximum absolute atomic E-state index is 10.1. The van der Waals surface area contributed by atoms with E-state index in [1.807, 2.05) is 26.0 Å². The lowest BCUT2D eigenvalue weighted by Crippen LogP contribution is -1.99. The van der Waals surface area contributed by atoms with Gasteiger partial charge >= 0.3 is 11.9 Å². The molecule has 13 heavy (non-hydrogen) atoms. The van der Waals surface area contributed by atoms with Crippen LogP contribution < -0.4 is 0 Å². The quantitative estimate of drug-likeness (QED) is 0.488. The van der Waals surface area contributed by atoms with Gasteiger partial charge in [0.1, 0.15) is 0 Å². The van der Waals surface area contributed by atoms with E-state index in [1.54, 1.807) is 0 Å². The number of hydrogen-bond donors (Lipinski definition) is 1. The Hall–Kier alpha value is -1.36. The summed E-state index contributed by atoms with van der Waals surface area (Å²) in [4.78, 5) is 21.9. The number of methoxy groups -OCH3 is 1. The first kappa shape index (κ1) is 14.2. The molecule has 0 aromatic rings. The van der Waals surface area contributed by atoms with E-state index < -0.39 is 11.9 Å². The van der Waals surface area contributed by atoms with Gasteiger partial charge in [-0.15, -0.1) is 0 Å². The molecule has 0 aromatic heterocycles. The van der Waals surface area contributed by atoms with Crippen LogP contribution in [0.2, 0.25) is 0 Å². The first-order valence-corrected chi connectivity index (χ1v) is 3.50. The summed E-state index contributed by atoms with van der Waals surface area (Å²) in [6, 6.07) is 0. The maximum Gasteiger partial charge on any atom is 0.330 e. The number of hydrogen-bond acceptors (Lipinski definition) is 4. The van der Waals surface area contributed by atoms with Crippen LogP contribution >= 0.6 is 0 Å². The van der Waals surface area contributed by atoms with Crippen molar-refractivity contribution in [3.05, 3.63) is 12.2 Å². The summed E-state index contributed by atoms with van der Waals surface area (Å²) in [5, 5.41) is 7.96. The molecular formula is C8H15NO4. The molecule has 1 N–H and O–H groups in total. The fourth-order valence-corrected chi connectivity index (χ4v) is 0.207. The average Bonchev–Trinajstić information content (AvgIpc) is 1.99. The van der Waals surface area contributed by atoms with Gasteiger partial charge in [0.2, 0.25) is 0 Å². The van der Waals surface area contributed by atoms with Gasteiger partial charge in [-0.3, -0.25) is 0 Å². The topological polar surface area (TPSA) is 66.8 Å². The van der Waals surface area contributed by atoms with E-state index >= 15 is 0 Å². The van der Waals surface area contributed by atoms with Crippen LogP contribution in [0.3, 0.4) is 0 Å². The van der Waals surface area contributed by atoms with Crippen LogP contribution in [0.25, 0.3) is 0 Å². The monoisotopic (exact) mass is 189 g/mol. The fourth-order valence-electron chi connectivity index (χ4n) is 0.207. The van der Waals surface area contributed by atoms with Gasteiger partial charge in [0, 0.05) is 12.2 Å². The lowest BCUT2D eigenvalue weighted by molar-refractivity contribution is -0.136. The van der Waals surface area contributed by atoms with Crippen molar-refractivity contribution in [2.24, 2.45) is 0 Å². The van der Waals surface area contributed by atoms with Crippen molar-refractivity contribution in [1.82, 2.24) is 4.90 Å². The number of aliphatic carboxylic acids is 1. The molecule has 0 rings (SSSR count). The number of ether oxygens (including phenoxy) is 1. The number of nitrogens with zero attached hydrogens (tertiary/aromatic N) is 1. The minimum absolute atomic E-state index is 0.669. The van der Waals surface area contributed by atoms with Crippen LogP contribution in [0.4, 0.5) is 0 Å². The van der Waals surface area contributed by atoms with Gasteiger partial charge in [-0.05, 0) is 21.1 Å². The Morgan fingerprint density at radius 3 is 1.85 bits per heavy atom. The molecule has 0 aromatic carbocycles. The first-order valence-electron chi connectivity index (χ1n) is 3.50. The average molecular weight is 189 g/mol. The van der Waals surface area contributed by atoms with Gasteiger partial charge < -0.3 is 14.7 Å². The number of carboxylic acids is 1. The van der Waals surface area contributed by atoms with E-state index in [4.69, 9.17) is 5.11 Å². The van der Waals surface area contributed by atoms with Crippen molar-refractivity contribution < 1.29 is 19.4 Å². The van der Waals surface area contributed by atoms with E-state index in [-0.39, 0.29) is 0 Å². The molecule has 5 heteroatoms. The predicted octanol–water partition coefficient (Wildman–Crippen LogP) is -0.0220. The maximum atomic E-state index is 10.1. The summed E-state index contributed by atoms with van der Waals surface area (Å²) in [5.41, 5.74) is 0. The predicted molar refractivity (Wildman–Crippen MR) is 48.4 cm³/mol. The molecule has 0 saturated heterocycles. The zero-order valence-electron chi connectivity index (χ0n) is 8.27. The van der Waals surface area contributed by atoms with Crippen molar-refractivity contribution in [2.75, 3.05) is 28.3 Å². The normalized spacial score (nSPS) is 9.31.